The first-order chi connectivity index (χ1) is 21.3. The summed E-state index contributed by atoms with van der Waals surface area (Å²) in [5.41, 5.74) is 2.96. The smallest absolute Gasteiger partial charge is 0.248 e. The number of nitrogens with one attached hydrogen (secondary N) is 1. The number of ether oxygens (including phenoxy) is 2. The number of piperidine rings is 1. The van der Waals surface area contributed by atoms with Gasteiger partial charge in [-0.1, -0.05) is 0 Å². The molecule has 4 heterocycles. The Kier molecular flexibility index (Phi) is 8.56. The molecule has 3 saturated heterocycles. The standard InChI is InChI=1S/C31H35FN8O4/c1-31(18-43-19-31)40-12-10-38(11-13-40)24-5-3-23(4-6-24)36-30-35-20-34-29(37-30)21-2-7-26(22(14-21)15-33)44-27-8-9-39(16-25(27)32)28(42)17-41/h2-7,14,20,25,27,41H,8-13,16-19H2,1H3,(H,34,35,36,37). The van der Waals surface area contributed by atoms with Crippen molar-refractivity contribution in [1.29, 1.82) is 5.26 Å². The highest BCUT2D eigenvalue weighted by Gasteiger charge is 2.40. The molecule has 3 aliphatic rings. The molecule has 2 aromatic carbocycles. The van der Waals surface area contributed by atoms with E-state index in [2.05, 4.69) is 55.2 Å². The number of amides is 1. The Morgan fingerprint density at radius 2 is 1.93 bits per heavy atom. The van der Waals surface area contributed by atoms with E-state index in [9.17, 15) is 14.4 Å². The third-order valence-electron chi connectivity index (χ3n) is 8.54. The summed E-state index contributed by atoms with van der Waals surface area (Å²) < 4.78 is 26.0. The third-order valence-corrected chi connectivity index (χ3v) is 8.54. The molecule has 3 aliphatic heterocycles. The fraction of sp³-hybridized carbons (Fsp3) is 0.452. The van der Waals surface area contributed by atoms with E-state index in [1.54, 1.807) is 18.2 Å². The predicted octanol–water partition coefficient (Wildman–Crippen LogP) is 2.37. The minimum Gasteiger partial charge on any atom is -0.486 e. The zero-order valence-electron chi connectivity index (χ0n) is 24.5. The van der Waals surface area contributed by atoms with Crippen LogP contribution in [-0.2, 0) is 9.53 Å². The lowest BCUT2D eigenvalue weighted by molar-refractivity contribution is -0.138. The van der Waals surface area contributed by atoms with Crippen LogP contribution in [0.1, 0.15) is 18.9 Å². The van der Waals surface area contributed by atoms with E-state index in [1.807, 2.05) is 12.1 Å². The van der Waals surface area contributed by atoms with Crippen LogP contribution in [0.15, 0.2) is 48.8 Å². The van der Waals surface area contributed by atoms with Crippen molar-refractivity contribution in [3.63, 3.8) is 0 Å². The van der Waals surface area contributed by atoms with Crippen LogP contribution in [0, 0.1) is 11.3 Å². The number of nitriles is 1. The molecule has 0 bridgehead atoms. The highest BCUT2D eigenvalue weighted by atomic mass is 19.1. The predicted molar refractivity (Wildman–Crippen MR) is 160 cm³/mol. The number of hydrogen-bond donors (Lipinski definition) is 2. The summed E-state index contributed by atoms with van der Waals surface area (Å²) in [7, 11) is 0. The maximum Gasteiger partial charge on any atom is 0.248 e. The van der Waals surface area contributed by atoms with Gasteiger partial charge in [0.25, 0.3) is 0 Å². The number of rotatable bonds is 8. The van der Waals surface area contributed by atoms with Crippen molar-refractivity contribution in [2.45, 2.75) is 31.2 Å². The van der Waals surface area contributed by atoms with Crippen molar-refractivity contribution in [3.05, 3.63) is 54.4 Å². The van der Waals surface area contributed by atoms with Gasteiger partial charge in [0, 0.05) is 56.1 Å². The summed E-state index contributed by atoms with van der Waals surface area (Å²) in [6.45, 7) is 7.28. The first-order valence-electron chi connectivity index (χ1n) is 14.7. The number of benzene rings is 2. The van der Waals surface area contributed by atoms with Crippen LogP contribution in [0.25, 0.3) is 11.4 Å². The summed E-state index contributed by atoms with van der Waals surface area (Å²) >= 11 is 0. The zero-order chi connectivity index (χ0) is 30.7. The number of anilines is 3. The Morgan fingerprint density at radius 3 is 2.59 bits per heavy atom. The molecule has 3 aromatic rings. The molecular weight excluding hydrogens is 567 g/mol. The van der Waals surface area contributed by atoms with Crippen molar-refractivity contribution in [3.8, 4) is 23.2 Å². The topological polar surface area (TPSA) is 140 Å². The van der Waals surface area contributed by atoms with Gasteiger partial charge >= 0.3 is 0 Å². The first kappa shape index (κ1) is 29.7. The monoisotopic (exact) mass is 602 g/mol. The van der Waals surface area contributed by atoms with Crippen LogP contribution in [-0.4, -0.2) is 113 Å². The number of piperazine rings is 1. The van der Waals surface area contributed by atoms with Gasteiger partial charge in [0.15, 0.2) is 12.0 Å². The first-order valence-corrected chi connectivity index (χ1v) is 14.7. The van der Waals surface area contributed by atoms with Crippen molar-refractivity contribution in [2.75, 3.05) is 69.3 Å². The molecule has 1 aromatic heterocycles. The van der Waals surface area contributed by atoms with Crippen molar-refractivity contribution >= 4 is 23.2 Å². The number of alkyl halides is 1. The molecule has 2 unspecified atom stereocenters. The molecule has 12 nitrogen and oxygen atoms in total. The molecule has 0 radical (unpaired) electrons. The van der Waals surface area contributed by atoms with Gasteiger partial charge in [0.05, 0.1) is 30.9 Å². The summed E-state index contributed by atoms with van der Waals surface area (Å²) in [4.78, 5) is 30.9. The van der Waals surface area contributed by atoms with Crippen molar-refractivity contribution in [1.82, 2.24) is 24.8 Å². The largest absolute Gasteiger partial charge is 0.486 e. The van der Waals surface area contributed by atoms with E-state index < -0.39 is 24.8 Å². The highest BCUT2D eigenvalue weighted by Crippen LogP contribution is 2.30. The molecule has 0 saturated carbocycles. The molecule has 2 N–H and O–H groups in total. The molecular formula is C31H35FN8O4. The van der Waals surface area contributed by atoms with E-state index in [4.69, 9.17) is 14.6 Å². The summed E-state index contributed by atoms with van der Waals surface area (Å²) in [5, 5.41) is 22.0. The number of likely N-dealkylation sites (tertiary alicyclic amines) is 1. The number of aromatic nitrogens is 3. The number of nitrogens with zero attached hydrogens (tertiary/aromatic N) is 7. The number of aliphatic hydroxyl groups is 1. The number of halogens is 1. The fourth-order valence-corrected chi connectivity index (χ4v) is 5.83. The van der Waals surface area contributed by atoms with Gasteiger partial charge in [-0.05, 0) is 49.4 Å². The average molecular weight is 603 g/mol. The van der Waals surface area contributed by atoms with Crippen LogP contribution in [0.4, 0.5) is 21.7 Å². The van der Waals surface area contributed by atoms with Crippen molar-refractivity contribution < 1.29 is 23.8 Å². The minimum absolute atomic E-state index is 0.167. The number of carbonyl (C=O) groups excluding carboxylic acids is 1. The van der Waals surface area contributed by atoms with Gasteiger partial charge < -0.3 is 29.7 Å². The molecule has 0 spiro atoms. The maximum absolute atomic E-state index is 14.7. The summed E-state index contributed by atoms with van der Waals surface area (Å²) in [6, 6.07) is 15.2. The Labute approximate surface area is 255 Å². The zero-order valence-corrected chi connectivity index (χ0v) is 24.5. The van der Waals surface area contributed by atoms with E-state index in [-0.39, 0.29) is 36.4 Å². The van der Waals surface area contributed by atoms with Gasteiger partial charge in [-0.25, -0.2) is 14.4 Å². The Bertz CT molecular complexity index is 1520. The lowest BCUT2D eigenvalue weighted by atomic mass is 9.97. The maximum atomic E-state index is 14.7. The van der Waals surface area contributed by atoms with Crippen molar-refractivity contribution in [2.24, 2.45) is 0 Å². The van der Waals surface area contributed by atoms with E-state index in [0.717, 1.165) is 50.8 Å². The number of hydrogen-bond acceptors (Lipinski definition) is 11. The summed E-state index contributed by atoms with van der Waals surface area (Å²) in [6.07, 6.45) is -0.615. The van der Waals surface area contributed by atoms with E-state index in [1.165, 1.54) is 11.2 Å². The van der Waals surface area contributed by atoms with E-state index in [0.29, 0.717) is 17.3 Å². The Balaban J connectivity index is 1.08. The van der Waals surface area contributed by atoms with Crippen LogP contribution in [0.3, 0.4) is 0 Å². The molecule has 3 fully saturated rings. The van der Waals surface area contributed by atoms with Crippen LogP contribution in [0.5, 0.6) is 5.75 Å². The van der Waals surface area contributed by atoms with Crippen LogP contribution < -0.4 is 15.0 Å². The molecule has 6 rings (SSSR count). The second kappa shape index (κ2) is 12.7. The normalized spacial score (nSPS) is 21.7. The third kappa shape index (κ3) is 6.28. The lowest BCUT2D eigenvalue weighted by Crippen LogP contribution is -2.64. The van der Waals surface area contributed by atoms with Gasteiger partial charge in [-0.2, -0.15) is 10.2 Å². The van der Waals surface area contributed by atoms with Crippen LogP contribution in [0.2, 0.25) is 0 Å². The van der Waals surface area contributed by atoms with Gasteiger partial charge in [0.1, 0.15) is 30.9 Å². The second-order valence-electron chi connectivity index (χ2n) is 11.5. The molecule has 44 heavy (non-hydrogen) atoms. The lowest BCUT2D eigenvalue weighted by Gasteiger charge is -2.50. The number of carbonyl (C=O) groups is 1. The molecule has 230 valence electrons. The minimum atomic E-state index is -1.45. The second-order valence-corrected chi connectivity index (χ2v) is 11.5. The van der Waals surface area contributed by atoms with Gasteiger partial charge in [-0.15, -0.1) is 0 Å². The SMILES string of the molecule is CC1(N2CCN(c3ccc(Nc4ncnc(-c5ccc(OC6CCN(C(=O)CO)CC6F)c(C#N)c5)n4)cc3)CC2)COC1. The van der Waals surface area contributed by atoms with E-state index >= 15 is 0 Å². The van der Waals surface area contributed by atoms with Gasteiger partial charge in [0.2, 0.25) is 11.9 Å². The van der Waals surface area contributed by atoms with Gasteiger partial charge in [-0.3, -0.25) is 9.69 Å². The quantitative estimate of drug-likeness (QED) is 0.393. The Hall–Kier alpha value is -4.38. The highest BCUT2D eigenvalue weighted by molar-refractivity contribution is 5.77. The van der Waals surface area contributed by atoms with Crippen LogP contribution >= 0.6 is 0 Å². The molecule has 1 amide bonds. The summed E-state index contributed by atoms with van der Waals surface area (Å²) in [5.74, 6) is 0.446. The fourth-order valence-electron chi connectivity index (χ4n) is 5.83. The average Bonchev–Trinajstić information content (AvgIpc) is 3.05. The molecule has 13 heteroatoms. The Morgan fingerprint density at radius 1 is 1.16 bits per heavy atom. The molecule has 0 aliphatic carbocycles. The molecule has 2 atom stereocenters. The number of aliphatic hydroxyl groups excluding tert-OH is 1.